The third-order valence-electron chi connectivity index (χ3n) is 5.15. The highest BCUT2D eigenvalue weighted by Gasteiger charge is 2.36. The van der Waals surface area contributed by atoms with Crippen LogP contribution in [0.1, 0.15) is 44.9 Å². The fourth-order valence-electron chi connectivity index (χ4n) is 4.05. The second kappa shape index (κ2) is 5.80. The Bertz CT molecular complexity index is 327. The van der Waals surface area contributed by atoms with E-state index in [4.69, 9.17) is 5.73 Å². The first-order valence-electron chi connectivity index (χ1n) is 8.02. The van der Waals surface area contributed by atoms with Gasteiger partial charge < -0.3 is 15.5 Å². The van der Waals surface area contributed by atoms with Gasteiger partial charge in [-0.05, 0) is 58.0 Å². The van der Waals surface area contributed by atoms with E-state index in [1.54, 1.807) is 0 Å². The van der Waals surface area contributed by atoms with Crippen LogP contribution in [0.25, 0.3) is 0 Å². The molecule has 4 nitrogen and oxygen atoms in total. The van der Waals surface area contributed by atoms with Crippen LogP contribution in [0, 0.1) is 5.92 Å². The van der Waals surface area contributed by atoms with Crippen LogP contribution in [0.4, 0.5) is 0 Å². The van der Waals surface area contributed by atoms with Crippen molar-refractivity contribution in [2.45, 2.75) is 57.0 Å². The van der Waals surface area contributed by atoms with Gasteiger partial charge >= 0.3 is 0 Å². The largest absolute Gasteiger partial charge is 0.338 e. The molecule has 3 rings (SSSR count). The first-order valence-corrected chi connectivity index (χ1v) is 8.02. The molecule has 0 aromatic heterocycles. The number of rotatable bonds is 3. The zero-order valence-electron chi connectivity index (χ0n) is 11.9. The molecular formula is C15H27N3O. The maximum Gasteiger partial charge on any atom is 0.226 e. The van der Waals surface area contributed by atoms with Gasteiger partial charge in [-0.1, -0.05) is 0 Å². The molecule has 108 valence electrons. The van der Waals surface area contributed by atoms with Crippen molar-refractivity contribution in [1.82, 2.24) is 9.80 Å². The maximum atomic E-state index is 12.6. The molecule has 1 saturated carbocycles. The molecule has 3 fully saturated rings. The van der Waals surface area contributed by atoms with Crippen molar-refractivity contribution < 1.29 is 4.79 Å². The lowest BCUT2D eigenvalue weighted by Crippen LogP contribution is -2.44. The summed E-state index contributed by atoms with van der Waals surface area (Å²) in [5.74, 6) is 0.615. The lowest BCUT2D eigenvalue weighted by atomic mass is 10.1. The van der Waals surface area contributed by atoms with Crippen LogP contribution in [-0.2, 0) is 4.79 Å². The van der Waals surface area contributed by atoms with Crippen LogP contribution in [0.3, 0.4) is 0 Å². The molecule has 3 aliphatic rings. The minimum absolute atomic E-state index is 0.217. The van der Waals surface area contributed by atoms with Gasteiger partial charge in [0, 0.05) is 31.1 Å². The molecule has 0 aromatic carbocycles. The van der Waals surface area contributed by atoms with E-state index in [1.807, 2.05) is 0 Å². The lowest BCUT2D eigenvalue weighted by molar-refractivity contribution is -0.136. The minimum atomic E-state index is 0.217. The fourth-order valence-corrected chi connectivity index (χ4v) is 4.05. The summed E-state index contributed by atoms with van der Waals surface area (Å²) >= 11 is 0. The van der Waals surface area contributed by atoms with E-state index in [2.05, 4.69) is 9.80 Å². The molecule has 0 spiro atoms. The third-order valence-corrected chi connectivity index (χ3v) is 5.15. The number of hydrogen-bond acceptors (Lipinski definition) is 3. The normalized spacial score (nSPS) is 36.3. The summed E-state index contributed by atoms with van der Waals surface area (Å²) in [7, 11) is 0. The van der Waals surface area contributed by atoms with Gasteiger partial charge in [-0.15, -0.1) is 0 Å². The van der Waals surface area contributed by atoms with Gasteiger partial charge in [-0.2, -0.15) is 0 Å². The highest BCUT2D eigenvalue weighted by molar-refractivity contribution is 5.79. The Labute approximate surface area is 116 Å². The topological polar surface area (TPSA) is 49.6 Å². The third kappa shape index (κ3) is 2.95. The fraction of sp³-hybridized carbons (Fsp3) is 0.933. The zero-order valence-corrected chi connectivity index (χ0v) is 11.9. The van der Waals surface area contributed by atoms with Gasteiger partial charge in [0.1, 0.15) is 0 Å². The second-order valence-electron chi connectivity index (χ2n) is 6.61. The molecule has 2 saturated heterocycles. The van der Waals surface area contributed by atoms with Crippen LogP contribution < -0.4 is 5.73 Å². The Morgan fingerprint density at radius 1 is 1.05 bits per heavy atom. The number of likely N-dealkylation sites (tertiary alicyclic amines) is 2. The van der Waals surface area contributed by atoms with Crippen molar-refractivity contribution in [3.8, 4) is 0 Å². The Morgan fingerprint density at radius 3 is 2.53 bits per heavy atom. The first kappa shape index (κ1) is 13.4. The van der Waals surface area contributed by atoms with Crippen LogP contribution in [0.15, 0.2) is 0 Å². The highest BCUT2D eigenvalue weighted by Crippen LogP contribution is 2.29. The van der Waals surface area contributed by atoms with Crippen LogP contribution in [0.2, 0.25) is 0 Å². The highest BCUT2D eigenvalue weighted by atomic mass is 16.2. The second-order valence-corrected chi connectivity index (χ2v) is 6.61. The predicted octanol–water partition coefficient (Wildman–Crippen LogP) is 1.20. The summed E-state index contributed by atoms with van der Waals surface area (Å²) < 4.78 is 0. The SMILES string of the molecule is N[C@@H]1CC[C@@H](C(=O)N2CCC[C@H]2CN2CCCC2)C1. The van der Waals surface area contributed by atoms with E-state index in [9.17, 15) is 4.79 Å². The zero-order chi connectivity index (χ0) is 13.2. The van der Waals surface area contributed by atoms with E-state index in [-0.39, 0.29) is 12.0 Å². The molecule has 1 aliphatic carbocycles. The van der Waals surface area contributed by atoms with E-state index < -0.39 is 0 Å². The monoisotopic (exact) mass is 265 g/mol. The van der Waals surface area contributed by atoms with E-state index >= 15 is 0 Å². The van der Waals surface area contributed by atoms with Crippen molar-refractivity contribution in [3.05, 3.63) is 0 Å². The summed E-state index contributed by atoms with van der Waals surface area (Å²) in [5.41, 5.74) is 5.95. The molecule has 1 amide bonds. The Balaban J connectivity index is 1.57. The summed E-state index contributed by atoms with van der Waals surface area (Å²) in [6.45, 7) is 4.53. The minimum Gasteiger partial charge on any atom is -0.338 e. The van der Waals surface area contributed by atoms with Crippen molar-refractivity contribution in [3.63, 3.8) is 0 Å². The predicted molar refractivity (Wildman–Crippen MR) is 75.7 cm³/mol. The van der Waals surface area contributed by atoms with E-state index in [1.165, 1.54) is 38.8 Å². The number of nitrogens with two attached hydrogens (primary N) is 1. The molecule has 4 heteroatoms. The number of hydrogen-bond donors (Lipinski definition) is 1. The Hall–Kier alpha value is -0.610. The standard InChI is InChI=1S/C15H27N3O/c16-13-6-5-12(10-13)15(19)18-9-3-4-14(18)11-17-7-1-2-8-17/h12-14H,1-11,16H2/t12-,13-,14+/m1/s1. The number of carbonyl (C=O) groups is 1. The van der Waals surface area contributed by atoms with Gasteiger partial charge in [0.05, 0.1) is 0 Å². The van der Waals surface area contributed by atoms with E-state index in [0.717, 1.165) is 32.4 Å². The average molecular weight is 265 g/mol. The molecule has 19 heavy (non-hydrogen) atoms. The van der Waals surface area contributed by atoms with Crippen molar-refractivity contribution in [2.24, 2.45) is 11.7 Å². The number of nitrogens with zero attached hydrogens (tertiary/aromatic N) is 2. The number of amides is 1. The molecule has 0 radical (unpaired) electrons. The average Bonchev–Trinajstić information content (AvgIpc) is 3.10. The van der Waals surface area contributed by atoms with Gasteiger partial charge in [-0.3, -0.25) is 4.79 Å². The van der Waals surface area contributed by atoms with Crippen molar-refractivity contribution in [1.29, 1.82) is 0 Å². The quantitative estimate of drug-likeness (QED) is 0.834. The smallest absolute Gasteiger partial charge is 0.226 e. The van der Waals surface area contributed by atoms with E-state index in [0.29, 0.717) is 11.9 Å². The Kier molecular flexibility index (Phi) is 4.08. The van der Waals surface area contributed by atoms with Gasteiger partial charge in [0.15, 0.2) is 0 Å². The molecule has 3 atom stereocenters. The molecule has 0 bridgehead atoms. The molecule has 2 aliphatic heterocycles. The van der Waals surface area contributed by atoms with Gasteiger partial charge in [0.2, 0.25) is 5.91 Å². The van der Waals surface area contributed by atoms with Crippen LogP contribution >= 0.6 is 0 Å². The molecular weight excluding hydrogens is 238 g/mol. The van der Waals surface area contributed by atoms with Gasteiger partial charge in [0.25, 0.3) is 0 Å². The maximum absolute atomic E-state index is 12.6. The summed E-state index contributed by atoms with van der Waals surface area (Å²) in [6, 6.07) is 0.732. The summed E-state index contributed by atoms with van der Waals surface area (Å²) in [5, 5.41) is 0. The van der Waals surface area contributed by atoms with Crippen molar-refractivity contribution >= 4 is 5.91 Å². The summed E-state index contributed by atoms with van der Waals surface area (Å²) in [6.07, 6.45) is 7.99. The molecule has 2 N–H and O–H groups in total. The van der Waals surface area contributed by atoms with Crippen LogP contribution in [-0.4, -0.2) is 54.0 Å². The molecule has 2 heterocycles. The summed E-state index contributed by atoms with van der Waals surface area (Å²) in [4.78, 5) is 17.3. The van der Waals surface area contributed by atoms with Crippen LogP contribution in [0.5, 0.6) is 0 Å². The molecule has 0 aromatic rings. The first-order chi connectivity index (χ1) is 9.24. The van der Waals surface area contributed by atoms with Gasteiger partial charge in [-0.25, -0.2) is 0 Å². The van der Waals surface area contributed by atoms with Crippen molar-refractivity contribution in [2.75, 3.05) is 26.2 Å². The number of carbonyl (C=O) groups excluding carboxylic acids is 1. The lowest BCUT2D eigenvalue weighted by Gasteiger charge is -2.30. The Morgan fingerprint density at radius 2 is 1.84 bits per heavy atom. The molecule has 0 unspecified atom stereocenters.